The number of hydrogen-bond acceptors (Lipinski definition) is 7. The Balaban J connectivity index is 2.09. The Labute approximate surface area is 153 Å². The predicted octanol–water partition coefficient (Wildman–Crippen LogP) is 2.92. The number of benzene rings is 2. The second-order valence-electron chi connectivity index (χ2n) is 5.56. The van der Waals surface area contributed by atoms with E-state index < -0.39 is 34.0 Å². The van der Waals surface area contributed by atoms with E-state index in [2.05, 4.69) is 5.32 Å². The minimum Gasteiger partial charge on any atom is -0.452 e. The smallest absolute Gasteiger partial charge is 0.345 e. The second kappa shape index (κ2) is 8.04. The zero-order chi connectivity index (χ0) is 20.1. The van der Waals surface area contributed by atoms with Crippen LogP contribution >= 0.6 is 0 Å². The van der Waals surface area contributed by atoms with Crippen LogP contribution in [0.1, 0.15) is 21.5 Å². The molecule has 2 rings (SSSR count). The van der Waals surface area contributed by atoms with E-state index >= 15 is 0 Å². The molecule has 10 heteroatoms. The van der Waals surface area contributed by atoms with Gasteiger partial charge in [-0.25, -0.2) is 4.79 Å². The standard InChI is InChI=1S/C17H15N3O7/c1-10-5-3-8-14(20(25)26)16(10)17(22)27-9-15(21)18-12-6-4-7-13(11(12)2)19(23)24/h3-8H,9H2,1-2H3,(H,18,21). The number of aryl methyl sites for hydroxylation is 1. The fourth-order valence-corrected chi connectivity index (χ4v) is 2.42. The van der Waals surface area contributed by atoms with Crippen LogP contribution in [0.5, 0.6) is 0 Å². The van der Waals surface area contributed by atoms with Crippen LogP contribution in [-0.4, -0.2) is 28.3 Å². The number of carbonyl (C=O) groups is 2. The lowest BCUT2D eigenvalue weighted by atomic mass is 10.1. The van der Waals surface area contributed by atoms with Crippen LogP contribution in [0.15, 0.2) is 36.4 Å². The van der Waals surface area contributed by atoms with Crippen molar-refractivity contribution in [1.82, 2.24) is 0 Å². The first kappa shape index (κ1) is 19.5. The van der Waals surface area contributed by atoms with Crippen LogP contribution in [0.3, 0.4) is 0 Å². The number of nitrogens with zero attached hydrogens (tertiary/aromatic N) is 2. The third kappa shape index (κ3) is 4.42. The minimum absolute atomic E-state index is 0.166. The van der Waals surface area contributed by atoms with E-state index in [9.17, 15) is 29.8 Å². The summed E-state index contributed by atoms with van der Waals surface area (Å²) in [6.45, 7) is 2.28. The van der Waals surface area contributed by atoms with Crippen molar-refractivity contribution in [2.24, 2.45) is 0 Å². The highest BCUT2D eigenvalue weighted by Crippen LogP contribution is 2.25. The zero-order valence-electron chi connectivity index (χ0n) is 14.4. The van der Waals surface area contributed by atoms with Crippen LogP contribution in [0.25, 0.3) is 0 Å². The molecule has 0 spiro atoms. The van der Waals surface area contributed by atoms with Crippen molar-refractivity contribution >= 4 is 28.9 Å². The summed E-state index contributed by atoms with van der Waals surface area (Å²) in [6.07, 6.45) is 0. The second-order valence-corrected chi connectivity index (χ2v) is 5.56. The number of anilines is 1. The molecule has 2 aromatic carbocycles. The van der Waals surface area contributed by atoms with Gasteiger partial charge in [0, 0.05) is 12.1 Å². The molecule has 0 atom stereocenters. The van der Waals surface area contributed by atoms with Gasteiger partial charge in [0.15, 0.2) is 6.61 Å². The molecule has 140 valence electrons. The molecule has 0 saturated carbocycles. The van der Waals surface area contributed by atoms with Crippen molar-refractivity contribution in [1.29, 1.82) is 0 Å². The fourth-order valence-electron chi connectivity index (χ4n) is 2.42. The van der Waals surface area contributed by atoms with Crippen molar-refractivity contribution in [2.75, 3.05) is 11.9 Å². The summed E-state index contributed by atoms with van der Waals surface area (Å²) >= 11 is 0. The fraction of sp³-hybridized carbons (Fsp3) is 0.176. The van der Waals surface area contributed by atoms with Gasteiger partial charge in [0.2, 0.25) is 0 Å². The summed E-state index contributed by atoms with van der Waals surface area (Å²) < 4.78 is 4.86. The van der Waals surface area contributed by atoms with E-state index in [-0.39, 0.29) is 22.5 Å². The van der Waals surface area contributed by atoms with E-state index in [1.165, 1.54) is 44.2 Å². The summed E-state index contributed by atoms with van der Waals surface area (Å²) in [7, 11) is 0. The van der Waals surface area contributed by atoms with Gasteiger partial charge in [0.05, 0.1) is 21.1 Å². The average molecular weight is 373 g/mol. The van der Waals surface area contributed by atoms with Crippen molar-refractivity contribution < 1.29 is 24.2 Å². The molecule has 0 heterocycles. The highest BCUT2D eigenvalue weighted by molar-refractivity contribution is 5.98. The van der Waals surface area contributed by atoms with E-state index in [4.69, 9.17) is 4.74 Å². The molecule has 0 bridgehead atoms. The molecular formula is C17H15N3O7. The normalized spacial score (nSPS) is 10.1. The lowest BCUT2D eigenvalue weighted by Gasteiger charge is -2.10. The minimum atomic E-state index is -1.01. The number of amides is 1. The highest BCUT2D eigenvalue weighted by atomic mass is 16.6. The maximum absolute atomic E-state index is 12.2. The van der Waals surface area contributed by atoms with Gasteiger partial charge in [-0.05, 0) is 25.5 Å². The lowest BCUT2D eigenvalue weighted by Crippen LogP contribution is -2.22. The van der Waals surface area contributed by atoms with Crippen LogP contribution < -0.4 is 5.32 Å². The Morgan fingerprint density at radius 2 is 1.59 bits per heavy atom. The van der Waals surface area contributed by atoms with Crippen LogP contribution in [0.2, 0.25) is 0 Å². The Morgan fingerprint density at radius 3 is 2.22 bits per heavy atom. The molecule has 1 N–H and O–H groups in total. The van der Waals surface area contributed by atoms with E-state index in [1.54, 1.807) is 0 Å². The molecule has 0 unspecified atom stereocenters. The summed E-state index contributed by atoms with van der Waals surface area (Å²) in [5, 5.41) is 24.4. The summed E-state index contributed by atoms with van der Waals surface area (Å²) in [4.78, 5) is 44.8. The van der Waals surface area contributed by atoms with Gasteiger partial charge >= 0.3 is 5.97 Å². The molecule has 0 aliphatic rings. The van der Waals surface area contributed by atoms with Crippen LogP contribution in [0.4, 0.5) is 17.1 Å². The number of nitrogens with one attached hydrogen (secondary N) is 1. The SMILES string of the molecule is Cc1cccc([N+](=O)[O-])c1C(=O)OCC(=O)Nc1cccc([N+](=O)[O-])c1C. The van der Waals surface area contributed by atoms with Crippen LogP contribution in [-0.2, 0) is 9.53 Å². The maximum atomic E-state index is 12.2. The zero-order valence-corrected chi connectivity index (χ0v) is 14.4. The number of nitro groups is 2. The quantitative estimate of drug-likeness (QED) is 0.466. The molecule has 0 saturated heterocycles. The largest absolute Gasteiger partial charge is 0.452 e. The van der Waals surface area contributed by atoms with Gasteiger partial charge in [-0.15, -0.1) is 0 Å². The molecule has 1 amide bonds. The Kier molecular flexibility index (Phi) is 5.81. The number of esters is 1. The lowest BCUT2D eigenvalue weighted by molar-refractivity contribution is -0.385. The third-order valence-electron chi connectivity index (χ3n) is 3.76. The number of ether oxygens (including phenoxy) is 1. The highest BCUT2D eigenvalue weighted by Gasteiger charge is 2.24. The van der Waals surface area contributed by atoms with Crippen LogP contribution in [0, 0.1) is 34.1 Å². The van der Waals surface area contributed by atoms with Crippen molar-refractivity contribution in [3.8, 4) is 0 Å². The van der Waals surface area contributed by atoms with Gasteiger partial charge in [-0.3, -0.25) is 25.0 Å². The van der Waals surface area contributed by atoms with Gasteiger partial charge in [-0.2, -0.15) is 0 Å². The monoisotopic (exact) mass is 373 g/mol. The van der Waals surface area contributed by atoms with E-state index in [1.807, 2.05) is 0 Å². The molecular weight excluding hydrogens is 358 g/mol. The molecule has 10 nitrogen and oxygen atoms in total. The van der Waals surface area contributed by atoms with Crippen molar-refractivity contribution in [2.45, 2.75) is 13.8 Å². The maximum Gasteiger partial charge on any atom is 0.345 e. The van der Waals surface area contributed by atoms with Gasteiger partial charge in [0.1, 0.15) is 5.56 Å². The number of rotatable bonds is 6. The van der Waals surface area contributed by atoms with Gasteiger partial charge in [-0.1, -0.05) is 18.2 Å². The average Bonchev–Trinajstić information content (AvgIpc) is 2.60. The molecule has 0 radical (unpaired) electrons. The first-order valence-corrected chi connectivity index (χ1v) is 7.67. The first-order valence-electron chi connectivity index (χ1n) is 7.67. The summed E-state index contributed by atoms with van der Waals surface area (Å²) in [6, 6.07) is 8.27. The molecule has 0 fully saturated rings. The Morgan fingerprint density at radius 1 is 1.00 bits per heavy atom. The molecule has 2 aromatic rings. The Hall–Kier alpha value is -3.82. The summed E-state index contributed by atoms with van der Waals surface area (Å²) in [5.41, 5.74) is -0.0370. The Bertz CT molecular complexity index is 940. The summed E-state index contributed by atoms with van der Waals surface area (Å²) in [5.74, 6) is -1.74. The first-order chi connectivity index (χ1) is 12.7. The van der Waals surface area contributed by atoms with E-state index in [0.717, 1.165) is 6.07 Å². The molecule has 0 aromatic heterocycles. The molecule has 0 aliphatic carbocycles. The van der Waals surface area contributed by atoms with Gasteiger partial charge < -0.3 is 10.1 Å². The number of hydrogen-bond donors (Lipinski definition) is 1. The molecule has 0 aliphatic heterocycles. The van der Waals surface area contributed by atoms with Gasteiger partial charge in [0.25, 0.3) is 17.3 Å². The predicted molar refractivity (Wildman–Crippen MR) is 94.6 cm³/mol. The topological polar surface area (TPSA) is 142 Å². The molecule has 27 heavy (non-hydrogen) atoms. The van der Waals surface area contributed by atoms with E-state index in [0.29, 0.717) is 5.56 Å². The number of nitro benzene ring substituents is 2. The van der Waals surface area contributed by atoms with Crippen molar-refractivity contribution in [3.63, 3.8) is 0 Å². The third-order valence-corrected chi connectivity index (χ3v) is 3.76. The number of carbonyl (C=O) groups excluding carboxylic acids is 2. The van der Waals surface area contributed by atoms with Crippen molar-refractivity contribution in [3.05, 3.63) is 73.3 Å².